The standard InChI is InChI=1S/C17H12F4N2O4/c1-2-15(26)22-8-3-4-13(24)9(5-8)16(27)23-12-7-11(18)10(6-14(12)25)17(19,20)21/h2-7,24-25H,1H2,(H,22,26)(H,23,27). The van der Waals surface area contributed by atoms with Gasteiger partial charge < -0.3 is 20.8 Å². The van der Waals surface area contributed by atoms with E-state index in [1.807, 2.05) is 5.32 Å². The fraction of sp³-hybridized carbons (Fsp3) is 0.0588. The van der Waals surface area contributed by atoms with Gasteiger partial charge in [-0.25, -0.2) is 4.39 Å². The van der Waals surface area contributed by atoms with Crippen LogP contribution >= 0.6 is 0 Å². The molecule has 0 heterocycles. The van der Waals surface area contributed by atoms with Crippen LogP contribution in [-0.2, 0) is 11.0 Å². The van der Waals surface area contributed by atoms with Crippen molar-refractivity contribution >= 4 is 23.2 Å². The van der Waals surface area contributed by atoms with Crippen molar-refractivity contribution in [2.45, 2.75) is 6.18 Å². The zero-order valence-electron chi connectivity index (χ0n) is 13.4. The Morgan fingerprint density at radius 3 is 2.30 bits per heavy atom. The largest absolute Gasteiger partial charge is 0.507 e. The molecule has 10 heteroatoms. The van der Waals surface area contributed by atoms with Gasteiger partial charge in [-0.15, -0.1) is 0 Å². The van der Waals surface area contributed by atoms with E-state index in [2.05, 4.69) is 11.9 Å². The van der Waals surface area contributed by atoms with Crippen LogP contribution in [0.2, 0.25) is 0 Å². The van der Waals surface area contributed by atoms with Crippen LogP contribution < -0.4 is 10.6 Å². The Morgan fingerprint density at radius 2 is 1.70 bits per heavy atom. The zero-order chi connectivity index (χ0) is 20.4. The van der Waals surface area contributed by atoms with Crippen molar-refractivity contribution in [3.63, 3.8) is 0 Å². The highest BCUT2D eigenvalue weighted by Crippen LogP contribution is 2.37. The quantitative estimate of drug-likeness (QED) is 0.280. The van der Waals surface area contributed by atoms with Crippen LogP contribution in [0.4, 0.5) is 28.9 Å². The van der Waals surface area contributed by atoms with Crippen LogP contribution in [0.1, 0.15) is 15.9 Å². The molecule has 2 amide bonds. The van der Waals surface area contributed by atoms with Crippen LogP contribution in [0.3, 0.4) is 0 Å². The van der Waals surface area contributed by atoms with Gasteiger partial charge in [-0.1, -0.05) is 6.58 Å². The summed E-state index contributed by atoms with van der Waals surface area (Å²) in [5, 5.41) is 23.7. The Morgan fingerprint density at radius 1 is 1.04 bits per heavy atom. The molecule has 0 saturated carbocycles. The molecular formula is C17H12F4N2O4. The lowest BCUT2D eigenvalue weighted by Gasteiger charge is -2.13. The number of hydrogen-bond acceptors (Lipinski definition) is 4. The van der Waals surface area contributed by atoms with Gasteiger partial charge in [0.15, 0.2) is 0 Å². The minimum atomic E-state index is -5.03. The van der Waals surface area contributed by atoms with Gasteiger partial charge in [-0.3, -0.25) is 9.59 Å². The van der Waals surface area contributed by atoms with E-state index < -0.39 is 46.6 Å². The Hall–Kier alpha value is -3.56. The number of amides is 2. The van der Waals surface area contributed by atoms with Gasteiger partial charge in [0, 0.05) is 11.8 Å². The second kappa shape index (κ2) is 7.36. The van der Waals surface area contributed by atoms with Crippen molar-refractivity contribution in [1.29, 1.82) is 0 Å². The highest BCUT2D eigenvalue weighted by Gasteiger charge is 2.35. The zero-order valence-corrected chi connectivity index (χ0v) is 13.4. The number of aromatic hydroxyl groups is 2. The average molecular weight is 384 g/mol. The Bertz CT molecular complexity index is 926. The van der Waals surface area contributed by atoms with E-state index in [4.69, 9.17) is 0 Å². The van der Waals surface area contributed by atoms with Gasteiger partial charge in [0.25, 0.3) is 5.91 Å². The van der Waals surface area contributed by atoms with Crippen molar-refractivity contribution < 1.29 is 37.4 Å². The van der Waals surface area contributed by atoms with Crippen LogP contribution in [0.25, 0.3) is 0 Å². The average Bonchev–Trinajstić information content (AvgIpc) is 2.58. The summed E-state index contributed by atoms with van der Waals surface area (Å²) in [5.41, 5.74) is -2.59. The van der Waals surface area contributed by atoms with Gasteiger partial charge in [0.05, 0.1) is 16.8 Å². The monoisotopic (exact) mass is 384 g/mol. The number of anilines is 2. The third kappa shape index (κ3) is 4.54. The minimum absolute atomic E-state index is 0.116. The lowest BCUT2D eigenvalue weighted by Crippen LogP contribution is -2.15. The lowest BCUT2D eigenvalue weighted by molar-refractivity contribution is -0.140. The molecule has 0 aliphatic rings. The Kier molecular flexibility index (Phi) is 5.39. The summed E-state index contributed by atoms with van der Waals surface area (Å²) in [6, 6.07) is 3.87. The second-order valence-electron chi connectivity index (χ2n) is 5.23. The number of phenolic OH excluding ortho intramolecular Hbond substituents is 2. The predicted molar refractivity (Wildman–Crippen MR) is 88.0 cm³/mol. The van der Waals surface area contributed by atoms with Crippen LogP contribution in [0, 0.1) is 5.82 Å². The highest BCUT2D eigenvalue weighted by atomic mass is 19.4. The summed E-state index contributed by atoms with van der Waals surface area (Å²) < 4.78 is 51.4. The number of carbonyl (C=O) groups excluding carboxylic acids is 2. The van der Waals surface area contributed by atoms with Crippen molar-refractivity contribution in [3.8, 4) is 11.5 Å². The van der Waals surface area contributed by atoms with E-state index in [1.165, 1.54) is 6.07 Å². The van der Waals surface area contributed by atoms with Gasteiger partial charge in [-0.05, 0) is 30.3 Å². The van der Waals surface area contributed by atoms with Crippen LogP contribution in [0.15, 0.2) is 43.0 Å². The summed E-state index contributed by atoms with van der Waals surface area (Å²) in [6.07, 6.45) is -4.06. The number of hydrogen-bond donors (Lipinski definition) is 4. The van der Waals surface area contributed by atoms with E-state index in [1.54, 1.807) is 0 Å². The van der Waals surface area contributed by atoms with Crippen LogP contribution in [-0.4, -0.2) is 22.0 Å². The number of rotatable bonds is 4. The fourth-order valence-electron chi connectivity index (χ4n) is 2.06. The third-order valence-electron chi connectivity index (χ3n) is 3.33. The molecule has 0 aliphatic heterocycles. The molecule has 2 aromatic rings. The summed E-state index contributed by atoms with van der Waals surface area (Å²) in [6.45, 7) is 3.25. The number of halogens is 4. The van der Waals surface area contributed by atoms with Gasteiger partial charge >= 0.3 is 6.18 Å². The Labute approximate surface area is 149 Å². The molecule has 2 aromatic carbocycles. The first-order valence-electron chi connectivity index (χ1n) is 7.20. The molecule has 0 radical (unpaired) electrons. The second-order valence-corrected chi connectivity index (χ2v) is 5.23. The molecule has 27 heavy (non-hydrogen) atoms. The van der Waals surface area contributed by atoms with Gasteiger partial charge in [-0.2, -0.15) is 13.2 Å². The van der Waals surface area contributed by atoms with E-state index in [9.17, 15) is 37.4 Å². The normalized spacial score (nSPS) is 11.0. The SMILES string of the molecule is C=CC(=O)Nc1ccc(O)c(C(=O)Nc2cc(F)c(C(F)(F)F)cc2O)c1. The fourth-order valence-corrected chi connectivity index (χ4v) is 2.06. The predicted octanol–water partition coefficient (Wildman–Crippen LogP) is 3.63. The van der Waals surface area contributed by atoms with Gasteiger partial charge in [0.2, 0.25) is 5.91 Å². The number of phenols is 2. The van der Waals surface area contributed by atoms with Crippen molar-refractivity contribution in [3.05, 3.63) is 59.9 Å². The van der Waals surface area contributed by atoms with Crippen LogP contribution in [0.5, 0.6) is 11.5 Å². The molecule has 0 spiro atoms. The van der Waals surface area contributed by atoms with E-state index in [0.717, 1.165) is 18.2 Å². The first-order chi connectivity index (χ1) is 12.5. The number of carbonyl (C=O) groups is 2. The molecule has 0 atom stereocenters. The molecule has 6 nitrogen and oxygen atoms in total. The Balaban J connectivity index is 2.32. The number of alkyl halides is 3. The molecule has 4 N–H and O–H groups in total. The topological polar surface area (TPSA) is 98.7 Å². The molecule has 0 aromatic heterocycles. The maximum Gasteiger partial charge on any atom is 0.419 e. The minimum Gasteiger partial charge on any atom is -0.507 e. The van der Waals surface area contributed by atoms with Crippen molar-refractivity contribution in [2.75, 3.05) is 10.6 Å². The molecule has 0 bridgehead atoms. The molecule has 0 aliphatic carbocycles. The highest BCUT2D eigenvalue weighted by molar-refractivity contribution is 6.08. The summed E-state index contributed by atoms with van der Waals surface area (Å²) in [5.74, 6) is -4.89. The molecule has 0 unspecified atom stereocenters. The summed E-state index contributed by atoms with van der Waals surface area (Å²) in [7, 11) is 0. The van der Waals surface area contributed by atoms with Crippen molar-refractivity contribution in [2.24, 2.45) is 0 Å². The number of nitrogens with one attached hydrogen (secondary N) is 2. The molecular weight excluding hydrogens is 372 g/mol. The molecule has 2 rings (SSSR count). The molecule has 0 fully saturated rings. The van der Waals surface area contributed by atoms with Crippen molar-refractivity contribution in [1.82, 2.24) is 0 Å². The summed E-state index contributed by atoms with van der Waals surface area (Å²) >= 11 is 0. The first kappa shape index (κ1) is 19.8. The lowest BCUT2D eigenvalue weighted by atomic mass is 10.1. The summed E-state index contributed by atoms with van der Waals surface area (Å²) in [4.78, 5) is 23.5. The van der Waals surface area contributed by atoms with E-state index >= 15 is 0 Å². The third-order valence-corrected chi connectivity index (χ3v) is 3.33. The first-order valence-corrected chi connectivity index (χ1v) is 7.20. The smallest absolute Gasteiger partial charge is 0.419 e. The van der Waals surface area contributed by atoms with Gasteiger partial charge in [0.1, 0.15) is 17.3 Å². The maximum absolute atomic E-state index is 13.6. The van der Waals surface area contributed by atoms with E-state index in [-0.39, 0.29) is 17.3 Å². The molecule has 142 valence electrons. The van der Waals surface area contributed by atoms with E-state index in [0.29, 0.717) is 6.07 Å². The number of benzene rings is 2. The molecule has 0 saturated heterocycles. The maximum atomic E-state index is 13.6.